The highest BCUT2D eigenvalue weighted by atomic mass is 16.4. The number of hydrogen-bond acceptors (Lipinski definition) is 2. The van der Waals surface area contributed by atoms with Crippen LogP contribution in [0, 0.1) is 5.92 Å². The molecule has 0 radical (unpaired) electrons. The summed E-state index contributed by atoms with van der Waals surface area (Å²) in [6.07, 6.45) is 1.83. The van der Waals surface area contributed by atoms with Gasteiger partial charge in [0.05, 0.1) is 0 Å². The van der Waals surface area contributed by atoms with Crippen LogP contribution in [0.2, 0.25) is 0 Å². The molecule has 1 aromatic rings. The van der Waals surface area contributed by atoms with Crippen molar-refractivity contribution in [3.8, 4) is 0 Å². The lowest BCUT2D eigenvalue weighted by Crippen LogP contribution is -2.46. The van der Waals surface area contributed by atoms with E-state index in [0.29, 0.717) is 5.56 Å². The molecule has 1 aliphatic carbocycles. The third-order valence-electron chi connectivity index (χ3n) is 2.83. The lowest BCUT2D eigenvalue weighted by molar-refractivity contribution is -0.144. The van der Waals surface area contributed by atoms with Crippen LogP contribution in [0.1, 0.15) is 18.4 Å². The number of carboxylic acid groups (broad SMARTS) is 1. The van der Waals surface area contributed by atoms with E-state index in [1.54, 1.807) is 12.1 Å². The van der Waals surface area contributed by atoms with E-state index in [1.807, 2.05) is 18.2 Å². The van der Waals surface area contributed by atoms with Crippen LogP contribution in [0.3, 0.4) is 0 Å². The fourth-order valence-corrected chi connectivity index (χ4v) is 1.79. The first kappa shape index (κ1) is 9.21. The van der Waals surface area contributed by atoms with Crippen molar-refractivity contribution in [2.75, 3.05) is 0 Å². The van der Waals surface area contributed by atoms with Gasteiger partial charge in [-0.25, -0.2) is 4.79 Å². The normalized spacial score (nSPS) is 20.1. The van der Waals surface area contributed by atoms with Crippen LogP contribution in [0.15, 0.2) is 30.3 Å². The van der Waals surface area contributed by atoms with Crippen LogP contribution in [0.4, 0.5) is 0 Å². The highest BCUT2D eigenvalue weighted by Gasteiger charge is 2.49. The Morgan fingerprint density at radius 3 is 2.36 bits per heavy atom. The molecule has 1 aromatic carbocycles. The monoisotopic (exact) mass is 191 g/mol. The van der Waals surface area contributed by atoms with Crippen LogP contribution in [-0.4, -0.2) is 11.1 Å². The summed E-state index contributed by atoms with van der Waals surface area (Å²) in [5, 5.41) is 9.17. The molecule has 1 aliphatic rings. The van der Waals surface area contributed by atoms with Gasteiger partial charge < -0.3 is 10.8 Å². The van der Waals surface area contributed by atoms with E-state index in [1.165, 1.54) is 0 Å². The highest BCUT2D eigenvalue weighted by Crippen LogP contribution is 2.44. The van der Waals surface area contributed by atoms with Crippen molar-refractivity contribution in [1.29, 1.82) is 0 Å². The van der Waals surface area contributed by atoms with Gasteiger partial charge in [0, 0.05) is 0 Å². The summed E-state index contributed by atoms with van der Waals surface area (Å²) in [6.45, 7) is 0. The molecule has 1 atom stereocenters. The van der Waals surface area contributed by atoms with Crippen LogP contribution in [-0.2, 0) is 10.3 Å². The molecule has 0 saturated heterocycles. The van der Waals surface area contributed by atoms with E-state index in [9.17, 15) is 9.90 Å². The molecule has 1 fully saturated rings. The molecule has 74 valence electrons. The molecule has 14 heavy (non-hydrogen) atoms. The van der Waals surface area contributed by atoms with E-state index in [0.717, 1.165) is 12.8 Å². The molecule has 3 N–H and O–H groups in total. The minimum Gasteiger partial charge on any atom is -0.480 e. The molecule has 2 rings (SSSR count). The summed E-state index contributed by atoms with van der Waals surface area (Å²) >= 11 is 0. The average Bonchev–Trinajstić information content (AvgIpc) is 3.01. The van der Waals surface area contributed by atoms with Gasteiger partial charge in [-0.15, -0.1) is 0 Å². The Labute approximate surface area is 82.5 Å². The van der Waals surface area contributed by atoms with E-state index < -0.39 is 11.5 Å². The smallest absolute Gasteiger partial charge is 0.328 e. The van der Waals surface area contributed by atoms with E-state index in [-0.39, 0.29) is 5.92 Å². The van der Waals surface area contributed by atoms with Crippen molar-refractivity contribution in [2.24, 2.45) is 11.7 Å². The van der Waals surface area contributed by atoms with Crippen molar-refractivity contribution in [1.82, 2.24) is 0 Å². The molecule has 0 spiro atoms. The second-order valence-corrected chi connectivity index (χ2v) is 3.81. The van der Waals surface area contributed by atoms with Gasteiger partial charge in [0.15, 0.2) is 0 Å². The van der Waals surface area contributed by atoms with Crippen molar-refractivity contribution in [3.63, 3.8) is 0 Å². The van der Waals surface area contributed by atoms with Gasteiger partial charge in [-0.2, -0.15) is 0 Å². The molecule has 0 amide bonds. The number of carboxylic acids is 1. The Hall–Kier alpha value is -1.35. The van der Waals surface area contributed by atoms with Crippen molar-refractivity contribution in [2.45, 2.75) is 18.4 Å². The first-order valence-electron chi connectivity index (χ1n) is 4.73. The average molecular weight is 191 g/mol. The molecule has 1 unspecified atom stereocenters. The number of rotatable bonds is 3. The lowest BCUT2D eigenvalue weighted by atomic mass is 9.86. The van der Waals surface area contributed by atoms with Crippen LogP contribution in [0.5, 0.6) is 0 Å². The van der Waals surface area contributed by atoms with Crippen LogP contribution < -0.4 is 5.73 Å². The lowest BCUT2D eigenvalue weighted by Gasteiger charge is -2.24. The zero-order valence-corrected chi connectivity index (χ0v) is 7.81. The number of aliphatic carboxylic acids is 1. The Balaban J connectivity index is 2.41. The molecule has 1 saturated carbocycles. The topological polar surface area (TPSA) is 63.3 Å². The standard InChI is InChI=1S/C11H13NO2/c12-11(10(13)14,9-6-7-9)8-4-2-1-3-5-8/h1-5,9H,6-7,12H2,(H,13,14). The maximum absolute atomic E-state index is 11.2. The largest absolute Gasteiger partial charge is 0.480 e. The molecular formula is C11H13NO2. The van der Waals surface area contributed by atoms with Gasteiger partial charge in [-0.1, -0.05) is 30.3 Å². The van der Waals surface area contributed by atoms with Gasteiger partial charge in [-0.05, 0) is 24.3 Å². The minimum absolute atomic E-state index is 0.0994. The Morgan fingerprint density at radius 1 is 1.36 bits per heavy atom. The zero-order chi connectivity index (χ0) is 10.2. The maximum Gasteiger partial charge on any atom is 0.328 e. The first-order valence-corrected chi connectivity index (χ1v) is 4.73. The summed E-state index contributed by atoms with van der Waals surface area (Å²) in [6, 6.07) is 9.07. The summed E-state index contributed by atoms with van der Waals surface area (Å²) in [7, 11) is 0. The van der Waals surface area contributed by atoms with Gasteiger partial charge in [0.1, 0.15) is 5.54 Å². The number of benzene rings is 1. The number of hydrogen-bond donors (Lipinski definition) is 2. The molecule has 0 aliphatic heterocycles. The Bertz CT molecular complexity index is 346. The number of nitrogens with two attached hydrogens (primary N) is 1. The zero-order valence-electron chi connectivity index (χ0n) is 7.81. The van der Waals surface area contributed by atoms with Crippen LogP contribution in [0.25, 0.3) is 0 Å². The van der Waals surface area contributed by atoms with E-state index in [4.69, 9.17) is 5.73 Å². The fourth-order valence-electron chi connectivity index (χ4n) is 1.79. The van der Waals surface area contributed by atoms with Gasteiger partial charge in [0.25, 0.3) is 0 Å². The van der Waals surface area contributed by atoms with Crippen LogP contribution >= 0.6 is 0 Å². The molecule has 0 aromatic heterocycles. The molecule has 0 heterocycles. The van der Waals surface area contributed by atoms with E-state index in [2.05, 4.69) is 0 Å². The Morgan fingerprint density at radius 2 is 1.93 bits per heavy atom. The number of carbonyl (C=O) groups is 1. The quantitative estimate of drug-likeness (QED) is 0.757. The highest BCUT2D eigenvalue weighted by molar-refractivity contribution is 5.81. The van der Waals surface area contributed by atoms with Gasteiger partial charge in [0.2, 0.25) is 0 Å². The van der Waals surface area contributed by atoms with Crippen molar-refractivity contribution < 1.29 is 9.90 Å². The summed E-state index contributed by atoms with van der Waals surface area (Å²) in [5.41, 5.74) is 5.49. The second kappa shape index (κ2) is 3.10. The van der Waals surface area contributed by atoms with Gasteiger partial charge in [-0.3, -0.25) is 0 Å². The maximum atomic E-state index is 11.2. The Kier molecular flexibility index (Phi) is 2.04. The molecule has 3 nitrogen and oxygen atoms in total. The second-order valence-electron chi connectivity index (χ2n) is 3.81. The SMILES string of the molecule is NC(C(=O)O)(c1ccccc1)C1CC1. The first-order chi connectivity index (χ1) is 6.65. The van der Waals surface area contributed by atoms with Crippen molar-refractivity contribution in [3.05, 3.63) is 35.9 Å². The summed E-state index contributed by atoms with van der Waals surface area (Å²) in [5.74, 6) is -0.825. The third-order valence-corrected chi connectivity index (χ3v) is 2.83. The summed E-state index contributed by atoms with van der Waals surface area (Å²) in [4.78, 5) is 11.2. The molecule has 0 bridgehead atoms. The third kappa shape index (κ3) is 1.30. The van der Waals surface area contributed by atoms with E-state index >= 15 is 0 Å². The van der Waals surface area contributed by atoms with Gasteiger partial charge >= 0.3 is 5.97 Å². The fraction of sp³-hybridized carbons (Fsp3) is 0.364. The predicted molar refractivity (Wildman–Crippen MR) is 52.7 cm³/mol. The summed E-state index contributed by atoms with van der Waals surface area (Å²) < 4.78 is 0. The van der Waals surface area contributed by atoms with Crippen molar-refractivity contribution >= 4 is 5.97 Å². The minimum atomic E-state index is -1.18. The molecule has 3 heteroatoms. The predicted octanol–water partition coefficient (Wildman–Crippen LogP) is 1.34. The molecular weight excluding hydrogens is 178 g/mol.